The Morgan fingerprint density at radius 2 is 0.677 bits per heavy atom. The summed E-state index contributed by atoms with van der Waals surface area (Å²) < 4.78 is 54.1. The lowest BCUT2D eigenvalue weighted by Crippen LogP contribution is -2.16. The third-order valence-corrected chi connectivity index (χ3v) is 13.5. The molecule has 0 atom stereocenters. The van der Waals surface area contributed by atoms with Gasteiger partial charge in [-0.3, -0.25) is 0 Å². The molecule has 0 aliphatic rings. The average molecular weight is 871 g/mol. The Kier molecular flexibility index (Phi) is 11.2. The lowest BCUT2D eigenvalue weighted by molar-refractivity contribution is 0.405. The standard InChI is InChI=1S/C52H56O8P2/c1-29-15-19-41-35(23-29)36-24-30(2)16-20-42(36)56-61(55-41)59-49-39(51(7,8)9)27-45(53-13)33(5)47(49)48-34(6)46(54-14)28-40(52(10,11)12)50(48)60-62-57-43-21-17-31(3)25-37(43)38-26-32(4)18-22-44(38)58-62/h15-28H,1-14H3. The Bertz CT molecular complexity index is 2800. The van der Waals surface area contributed by atoms with Crippen molar-refractivity contribution in [3.05, 3.63) is 129 Å². The van der Waals surface area contributed by atoms with Crippen molar-refractivity contribution in [3.63, 3.8) is 0 Å². The third kappa shape index (κ3) is 8.07. The highest BCUT2D eigenvalue weighted by Gasteiger charge is 2.34. The molecule has 0 spiro atoms. The molecule has 0 aliphatic carbocycles. The van der Waals surface area contributed by atoms with Crippen LogP contribution in [0.2, 0.25) is 0 Å². The molecule has 2 aromatic heterocycles. The van der Waals surface area contributed by atoms with E-state index in [1.807, 2.05) is 62.4 Å². The summed E-state index contributed by atoms with van der Waals surface area (Å²) in [5.41, 5.74) is 11.3. The molecule has 2 heterocycles. The van der Waals surface area contributed by atoms with E-state index in [-0.39, 0.29) is 0 Å². The minimum absolute atomic E-state index is 0.432. The Morgan fingerprint density at radius 1 is 0.403 bits per heavy atom. The van der Waals surface area contributed by atoms with Crippen molar-refractivity contribution < 1.29 is 35.3 Å². The van der Waals surface area contributed by atoms with E-state index in [4.69, 9.17) is 35.3 Å². The maximum Gasteiger partial charge on any atom is 0.453 e. The monoisotopic (exact) mass is 870 g/mol. The first-order valence-corrected chi connectivity index (χ1v) is 23.1. The van der Waals surface area contributed by atoms with E-state index in [0.717, 1.165) is 77.2 Å². The number of methoxy groups -OCH3 is 2. The zero-order chi connectivity index (χ0) is 44.4. The van der Waals surface area contributed by atoms with Crippen molar-refractivity contribution in [2.45, 2.75) is 93.9 Å². The summed E-state index contributed by atoms with van der Waals surface area (Å²) in [7, 11) is -0.735. The minimum atomic E-state index is -2.07. The average Bonchev–Trinajstić information content (AvgIpc) is 3.44. The Hall–Kier alpha value is -5.68. The van der Waals surface area contributed by atoms with Crippen LogP contribution in [0.3, 0.4) is 0 Å². The van der Waals surface area contributed by atoms with Crippen molar-refractivity contribution in [2.24, 2.45) is 0 Å². The molecule has 10 heteroatoms. The van der Waals surface area contributed by atoms with Gasteiger partial charge in [-0.1, -0.05) is 88.1 Å². The molecule has 0 N–H and O–H groups in total. The van der Waals surface area contributed by atoms with Gasteiger partial charge >= 0.3 is 16.5 Å². The fourth-order valence-corrected chi connectivity index (χ4v) is 10.3. The van der Waals surface area contributed by atoms with E-state index in [0.29, 0.717) is 45.3 Å². The summed E-state index contributed by atoms with van der Waals surface area (Å²) in [6, 6.07) is 28.8. The number of benzene rings is 6. The van der Waals surface area contributed by atoms with Crippen molar-refractivity contribution in [1.82, 2.24) is 0 Å². The maximum absolute atomic E-state index is 7.28. The van der Waals surface area contributed by atoms with Gasteiger partial charge in [-0.15, -0.1) is 0 Å². The third-order valence-electron chi connectivity index (χ3n) is 11.4. The molecular weight excluding hydrogens is 815 g/mol. The summed E-state index contributed by atoms with van der Waals surface area (Å²) in [6.45, 7) is 25.4. The quantitative estimate of drug-likeness (QED) is 0.156. The van der Waals surface area contributed by atoms with Crippen LogP contribution in [0.4, 0.5) is 0 Å². The maximum atomic E-state index is 7.28. The second-order valence-electron chi connectivity index (χ2n) is 18.4. The molecule has 0 saturated carbocycles. The number of fused-ring (bicyclic) bond motifs is 6. The van der Waals surface area contributed by atoms with Gasteiger partial charge in [0, 0.05) is 54.9 Å². The molecule has 0 aliphatic heterocycles. The molecule has 8 nitrogen and oxygen atoms in total. The summed E-state index contributed by atoms with van der Waals surface area (Å²) in [5.74, 6) is 2.57. The molecule has 0 unspecified atom stereocenters. The van der Waals surface area contributed by atoms with Gasteiger partial charge in [0.05, 0.1) is 14.2 Å². The van der Waals surface area contributed by atoms with Gasteiger partial charge in [0.2, 0.25) is 0 Å². The normalized spacial score (nSPS) is 12.0. The van der Waals surface area contributed by atoms with Crippen LogP contribution < -0.4 is 18.5 Å². The highest BCUT2D eigenvalue weighted by molar-refractivity contribution is 7.32. The predicted molar refractivity (Wildman–Crippen MR) is 255 cm³/mol. The lowest BCUT2D eigenvalue weighted by Gasteiger charge is -2.30. The minimum Gasteiger partial charge on any atom is -0.496 e. The second-order valence-corrected chi connectivity index (χ2v) is 20.4. The number of ether oxygens (including phenoxy) is 2. The number of aryl methyl sites for hydroxylation is 4. The lowest BCUT2D eigenvalue weighted by atomic mass is 9.79. The van der Waals surface area contributed by atoms with Crippen molar-refractivity contribution in [3.8, 4) is 34.1 Å². The summed E-state index contributed by atoms with van der Waals surface area (Å²) in [5, 5.41) is 3.81. The van der Waals surface area contributed by atoms with E-state index in [2.05, 4.69) is 106 Å². The van der Waals surface area contributed by atoms with E-state index >= 15 is 0 Å². The Morgan fingerprint density at radius 3 is 0.919 bits per heavy atom. The topological polar surface area (TPSA) is 89.5 Å². The highest BCUT2D eigenvalue weighted by Crippen LogP contribution is 2.56. The van der Waals surface area contributed by atoms with Crippen LogP contribution in [0.5, 0.6) is 23.0 Å². The summed E-state index contributed by atoms with van der Waals surface area (Å²) in [4.78, 5) is 0. The van der Waals surface area contributed by atoms with Gasteiger partial charge in [0.25, 0.3) is 0 Å². The molecule has 0 amide bonds. The Labute approximate surface area is 366 Å². The van der Waals surface area contributed by atoms with Crippen molar-refractivity contribution in [2.75, 3.05) is 14.2 Å². The van der Waals surface area contributed by atoms with E-state index in [1.165, 1.54) is 0 Å². The molecule has 0 bridgehead atoms. The number of rotatable bonds is 7. The summed E-state index contributed by atoms with van der Waals surface area (Å²) in [6.07, 6.45) is 0. The van der Waals surface area contributed by atoms with Gasteiger partial charge in [-0.2, -0.15) is 0 Å². The van der Waals surface area contributed by atoms with Crippen LogP contribution >= 0.6 is 16.5 Å². The first kappa shape index (κ1) is 43.0. The van der Waals surface area contributed by atoms with Gasteiger partial charge in [-0.25, -0.2) is 0 Å². The smallest absolute Gasteiger partial charge is 0.453 e. The fourth-order valence-electron chi connectivity index (χ4n) is 8.11. The van der Waals surface area contributed by atoms with Crippen LogP contribution in [0.1, 0.15) is 86.1 Å². The van der Waals surface area contributed by atoms with E-state index in [9.17, 15) is 0 Å². The first-order chi connectivity index (χ1) is 29.3. The molecule has 0 radical (unpaired) electrons. The van der Waals surface area contributed by atoms with Gasteiger partial charge in [0.15, 0.2) is 0 Å². The van der Waals surface area contributed by atoms with Gasteiger partial charge < -0.3 is 35.3 Å². The summed E-state index contributed by atoms with van der Waals surface area (Å²) >= 11 is 0. The molecule has 8 rings (SSSR count). The number of hydrogen-bond donors (Lipinski definition) is 0. The predicted octanol–water partition coefficient (Wildman–Crippen LogP) is 16.7. The van der Waals surface area contributed by atoms with Gasteiger partial charge in [0.1, 0.15) is 45.3 Å². The van der Waals surface area contributed by atoms with Crippen molar-refractivity contribution in [1.29, 1.82) is 0 Å². The van der Waals surface area contributed by atoms with Crippen molar-refractivity contribution >= 4 is 60.4 Å². The zero-order valence-corrected chi connectivity index (χ0v) is 40.0. The molecule has 0 saturated heterocycles. The second kappa shape index (κ2) is 16.2. The Balaban J connectivity index is 1.49. The van der Waals surface area contributed by atoms with Gasteiger partial charge in [-0.05, 0) is 113 Å². The zero-order valence-electron chi connectivity index (χ0n) is 38.2. The fraction of sp³-hybridized carbons (Fsp3) is 0.308. The van der Waals surface area contributed by atoms with Crippen LogP contribution in [0, 0.1) is 41.5 Å². The van der Waals surface area contributed by atoms with E-state index in [1.54, 1.807) is 14.2 Å². The van der Waals surface area contributed by atoms with E-state index < -0.39 is 27.3 Å². The SMILES string of the molecule is COc1cc(C(C)(C)C)c(Op2oc3ccc(C)cc3c3cc(C)ccc3o2)c(-c2c(C)c(OC)cc(C(C)(C)C)c2Op2oc3ccc(C)cc3c3cc(C)ccc3o2)c1C. The molecule has 6 aromatic carbocycles. The van der Waals surface area contributed by atoms with Crippen LogP contribution in [-0.4, -0.2) is 14.2 Å². The molecule has 322 valence electrons. The molecule has 62 heavy (non-hydrogen) atoms. The molecule has 8 aromatic rings. The first-order valence-electron chi connectivity index (χ1n) is 20.9. The van der Waals surface area contributed by atoms with Crippen LogP contribution in [-0.2, 0) is 10.8 Å². The highest BCUT2D eigenvalue weighted by atomic mass is 31.1. The largest absolute Gasteiger partial charge is 0.496 e. The molecule has 0 fully saturated rings. The van der Waals surface area contributed by atoms with Crippen LogP contribution in [0.15, 0.2) is 102 Å². The number of hydrogen-bond acceptors (Lipinski definition) is 8. The van der Waals surface area contributed by atoms with Crippen LogP contribution in [0.25, 0.3) is 55.0 Å². The molecular formula is C52H56O8P2.